The highest BCUT2D eigenvalue weighted by Gasteiger charge is 2.61. The first kappa shape index (κ1) is 20.9. The van der Waals surface area contributed by atoms with Crippen molar-refractivity contribution in [2.24, 2.45) is 46.3 Å². The zero-order chi connectivity index (χ0) is 20.2. The van der Waals surface area contributed by atoms with E-state index >= 15 is 0 Å². The van der Waals surface area contributed by atoms with E-state index in [2.05, 4.69) is 13.5 Å². The van der Waals surface area contributed by atoms with Crippen molar-refractivity contribution in [3.8, 4) is 0 Å². The molecule has 0 aromatic rings. The van der Waals surface area contributed by atoms with Crippen LogP contribution >= 0.6 is 0 Å². The van der Waals surface area contributed by atoms with E-state index in [1.165, 1.54) is 38.5 Å². The second-order valence-electron chi connectivity index (χ2n) is 11.5. The van der Waals surface area contributed by atoms with Crippen LogP contribution in [0.3, 0.4) is 0 Å². The van der Waals surface area contributed by atoms with Gasteiger partial charge in [0.2, 0.25) is 0 Å². The minimum absolute atomic E-state index is 0.0658. The van der Waals surface area contributed by atoms with Gasteiger partial charge in [-0.15, -0.1) is 6.58 Å². The summed E-state index contributed by atoms with van der Waals surface area (Å²) >= 11 is 0. The van der Waals surface area contributed by atoms with Crippen LogP contribution in [0.15, 0.2) is 12.7 Å². The average molecular weight is 391 g/mol. The van der Waals surface area contributed by atoms with Crippen molar-refractivity contribution in [1.29, 1.82) is 0 Å². The predicted molar refractivity (Wildman–Crippen MR) is 113 cm³/mol. The minimum atomic E-state index is -0.442. The number of rotatable bonds is 5. The standard InChI is InChI=1S/C25H42O3/c1-4-11-25(15-26,16-27)22-8-7-21-20-6-5-17-14-23(2,28)12-9-18(17)19(20)10-13-24(21,22)3/h4,17-22,26-28H,1,5-16H2,2-3H3/t17-,18+,19-,20-,21+,22+,23-,24+/m1/s1. The molecular weight excluding hydrogens is 348 g/mol. The van der Waals surface area contributed by atoms with Crippen molar-refractivity contribution in [2.75, 3.05) is 13.2 Å². The molecule has 0 bridgehead atoms. The van der Waals surface area contributed by atoms with Crippen molar-refractivity contribution < 1.29 is 15.3 Å². The Kier molecular flexibility index (Phi) is 5.51. The van der Waals surface area contributed by atoms with Crippen molar-refractivity contribution >= 4 is 0 Å². The largest absolute Gasteiger partial charge is 0.396 e. The van der Waals surface area contributed by atoms with Crippen molar-refractivity contribution in [3.63, 3.8) is 0 Å². The lowest BCUT2D eigenvalue weighted by Gasteiger charge is -2.58. The van der Waals surface area contributed by atoms with Gasteiger partial charge in [0.1, 0.15) is 0 Å². The first-order valence-corrected chi connectivity index (χ1v) is 11.9. The lowest BCUT2D eigenvalue weighted by Crippen LogP contribution is -2.53. The van der Waals surface area contributed by atoms with Crippen LogP contribution in [0, 0.1) is 46.3 Å². The van der Waals surface area contributed by atoms with Crippen molar-refractivity contribution in [2.45, 2.75) is 83.7 Å². The molecule has 0 heterocycles. The Bertz CT molecular complexity index is 580. The van der Waals surface area contributed by atoms with Crippen molar-refractivity contribution in [1.82, 2.24) is 0 Å². The van der Waals surface area contributed by atoms with Gasteiger partial charge in [0.15, 0.2) is 0 Å². The first-order chi connectivity index (χ1) is 13.3. The van der Waals surface area contributed by atoms with Crippen LogP contribution in [0.25, 0.3) is 0 Å². The number of allylic oxidation sites excluding steroid dienone is 1. The summed E-state index contributed by atoms with van der Waals surface area (Å²) in [4.78, 5) is 0. The van der Waals surface area contributed by atoms with Crippen LogP contribution in [0.5, 0.6) is 0 Å². The van der Waals surface area contributed by atoms with Crippen LogP contribution in [0.1, 0.15) is 78.1 Å². The zero-order valence-electron chi connectivity index (χ0n) is 18.1. The molecule has 4 aliphatic carbocycles. The Morgan fingerprint density at radius 3 is 2.32 bits per heavy atom. The minimum Gasteiger partial charge on any atom is -0.396 e. The highest BCUT2D eigenvalue weighted by atomic mass is 16.3. The summed E-state index contributed by atoms with van der Waals surface area (Å²) in [6.07, 6.45) is 13.3. The summed E-state index contributed by atoms with van der Waals surface area (Å²) in [5, 5.41) is 31.1. The molecule has 0 aromatic heterocycles. The molecule has 3 heteroatoms. The lowest BCUT2D eigenvalue weighted by atomic mass is 9.47. The Labute approximate surface area is 171 Å². The first-order valence-electron chi connectivity index (χ1n) is 11.9. The molecule has 4 rings (SSSR count). The molecule has 0 amide bonds. The maximum Gasteiger partial charge on any atom is 0.0622 e. The monoisotopic (exact) mass is 390 g/mol. The fraction of sp³-hybridized carbons (Fsp3) is 0.920. The molecule has 3 nitrogen and oxygen atoms in total. The molecule has 4 aliphatic rings. The third-order valence-electron chi connectivity index (χ3n) is 10.2. The molecule has 28 heavy (non-hydrogen) atoms. The van der Waals surface area contributed by atoms with Crippen LogP contribution in [0.4, 0.5) is 0 Å². The Hall–Kier alpha value is -0.380. The molecule has 0 aliphatic heterocycles. The van der Waals surface area contributed by atoms with Crippen LogP contribution in [-0.2, 0) is 0 Å². The number of hydrogen-bond donors (Lipinski definition) is 3. The van der Waals surface area contributed by atoms with Crippen LogP contribution < -0.4 is 0 Å². The quantitative estimate of drug-likeness (QED) is 0.603. The van der Waals surface area contributed by atoms with Gasteiger partial charge in [-0.25, -0.2) is 0 Å². The molecule has 4 saturated carbocycles. The van der Waals surface area contributed by atoms with Gasteiger partial charge in [0.25, 0.3) is 0 Å². The summed E-state index contributed by atoms with van der Waals surface area (Å²) in [5.74, 6) is 4.32. The molecule has 160 valence electrons. The molecule has 4 fully saturated rings. The second kappa shape index (κ2) is 7.39. The topological polar surface area (TPSA) is 60.7 Å². The summed E-state index contributed by atoms with van der Waals surface area (Å²) in [6.45, 7) is 8.57. The maximum absolute atomic E-state index is 10.6. The normalized spacial score (nSPS) is 48.5. The van der Waals surface area contributed by atoms with E-state index in [9.17, 15) is 15.3 Å². The molecule has 8 atom stereocenters. The van der Waals surface area contributed by atoms with Crippen LogP contribution in [0.2, 0.25) is 0 Å². The molecule has 0 saturated heterocycles. The maximum atomic E-state index is 10.6. The van der Waals surface area contributed by atoms with Gasteiger partial charge < -0.3 is 15.3 Å². The molecule has 0 unspecified atom stereocenters. The van der Waals surface area contributed by atoms with Gasteiger partial charge in [-0.2, -0.15) is 0 Å². The Morgan fingerprint density at radius 2 is 1.64 bits per heavy atom. The molecule has 0 spiro atoms. The lowest BCUT2D eigenvalue weighted by molar-refractivity contribution is -0.119. The predicted octanol–water partition coefficient (Wildman–Crippen LogP) is 4.55. The third kappa shape index (κ3) is 3.11. The highest BCUT2D eigenvalue weighted by molar-refractivity contribution is 5.10. The SMILES string of the molecule is C=CCC(CO)(CO)[C@H]1CC[C@H]2[C@@H]3CC[C@@H]4C[C@](C)(O)CC[C@@H]4[C@H]3CC[C@]12C. The average Bonchev–Trinajstić information content (AvgIpc) is 3.03. The Morgan fingerprint density at radius 1 is 0.929 bits per heavy atom. The van der Waals surface area contributed by atoms with E-state index in [1.54, 1.807) is 0 Å². The van der Waals surface area contributed by atoms with Gasteiger partial charge in [-0.3, -0.25) is 0 Å². The Balaban J connectivity index is 1.56. The van der Waals surface area contributed by atoms with Gasteiger partial charge >= 0.3 is 0 Å². The number of aliphatic hydroxyl groups excluding tert-OH is 2. The summed E-state index contributed by atoms with van der Waals surface area (Å²) in [7, 11) is 0. The fourth-order valence-corrected chi connectivity index (χ4v) is 8.92. The third-order valence-corrected chi connectivity index (χ3v) is 10.2. The number of aliphatic hydroxyl groups is 3. The van der Waals surface area contributed by atoms with Gasteiger partial charge in [-0.05, 0) is 112 Å². The fourth-order valence-electron chi connectivity index (χ4n) is 8.92. The number of fused-ring (bicyclic) bond motifs is 5. The summed E-state index contributed by atoms with van der Waals surface area (Å²) < 4.78 is 0. The zero-order valence-corrected chi connectivity index (χ0v) is 18.1. The summed E-state index contributed by atoms with van der Waals surface area (Å²) in [6, 6.07) is 0. The van der Waals surface area contributed by atoms with Crippen LogP contribution in [-0.4, -0.2) is 34.1 Å². The van der Waals surface area contributed by atoms with E-state index in [4.69, 9.17) is 0 Å². The van der Waals surface area contributed by atoms with Gasteiger partial charge in [-0.1, -0.05) is 13.0 Å². The molecule has 0 radical (unpaired) electrons. The summed E-state index contributed by atoms with van der Waals surface area (Å²) in [5.41, 5.74) is -0.607. The molecule has 0 aromatic carbocycles. The van der Waals surface area contributed by atoms with E-state index in [1.807, 2.05) is 13.0 Å². The van der Waals surface area contributed by atoms with E-state index in [0.29, 0.717) is 12.3 Å². The molecular formula is C25H42O3. The number of hydrogen-bond acceptors (Lipinski definition) is 3. The van der Waals surface area contributed by atoms with E-state index in [0.717, 1.165) is 48.9 Å². The second-order valence-corrected chi connectivity index (χ2v) is 11.5. The van der Waals surface area contributed by atoms with Gasteiger partial charge in [0, 0.05) is 5.41 Å². The van der Waals surface area contributed by atoms with E-state index in [-0.39, 0.29) is 18.6 Å². The van der Waals surface area contributed by atoms with E-state index < -0.39 is 11.0 Å². The highest BCUT2D eigenvalue weighted by Crippen LogP contribution is 2.67. The van der Waals surface area contributed by atoms with Gasteiger partial charge in [0.05, 0.1) is 18.8 Å². The smallest absolute Gasteiger partial charge is 0.0622 e. The van der Waals surface area contributed by atoms with Crippen molar-refractivity contribution in [3.05, 3.63) is 12.7 Å². The molecule has 3 N–H and O–H groups in total.